The molecule has 1 rings (SSSR count). The molecule has 2 N–H and O–H groups in total. The van der Waals surface area contributed by atoms with E-state index in [4.69, 9.17) is 0 Å². The van der Waals surface area contributed by atoms with Crippen LogP contribution in [0.2, 0.25) is 0 Å². The molecule has 1 aromatic carbocycles. The van der Waals surface area contributed by atoms with E-state index in [2.05, 4.69) is 22.3 Å². The predicted molar refractivity (Wildman–Crippen MR) is 82.5 cm³/mol. The molecule has 1 atom stereocenters. The maximum atomic E-state index is 11.8. The smallest absolute Gasteiger partial charge is 0.422 e. The number of nitrogens with one attached hydrogen (secondary N) is 2. The maximum absolute atomic E-state index is 11.8. The van der Waals surface area contributed by atoms with Gasteiger partial charge in [0.15, 0.2) is 6.61 Å². The number of hydrogen-bond donors (Lipinski definition) is 2. The van der Waals surface area contributed by atoms with E-state index in [1.807, 2.05) is 30.3 Å². The van der Waals surface area contributed by atoms with Gasteiger partial charge in [-0.25, -0.2) is 4.79 Å². The van der Waals surface area contributed by atoms with Crippen molar-refractivity contribution in [3.63, 3.8) is 0 Å². The minimum Gasteiger partial charge on any atom is -0.440 e. The first-order valence-electron chi connectivity index (χ1n) is 7.57. The molecule has 0 saturated carbocycles. The molecule has 0 aliphatic rings. The van der Waals surface area contributed by atoms with Gasteiger partial charge in [-0.15, -0.1) is 0 Å². The van der Waals surface area contributed by atoms with Crippen LogP contribution in [-0.4, -0.2) is 37.9 Å². The van der Waals surface area contributed by atoms with E-state index in [9.17, 15) is 22.8 Å². The Labute approximate surface area is 138 Å². The molecule has 134 valence electrons. The standard InChI is InChI=1S/C16H21F3N2O3/c1-12(13-5-3-2-4-6-13)7-9-20-14(22)8-10-21-15(23)24-11-16(17,18)19/h2-6,12H,7-11H2,1H3,(H,20,22)(H,21,23)/t12-/m0/s1. The van der Waals surface area contributed by atoms with Crippen LogP contribution in [0.4, 0.5) is 18.0 Å². The first kappa shape index (κ1) is 19.8. The molecule has 0 bridgehead atoms. The third kappa shape index (κ3) is 9.02. The summed E-state index contributed by atoms with van der Waals surface area (Å²) in [5.41, 5.74) is 1.18. The van der Waals surface area contributed by atoms with Crippen molar-refractivity contribution in [2.75, 3.05) is 19.7 Å². The van der Waals surface area contributed by atoms with Gasteiger partial charge in [0.2, 0.25) is 5.91 Å². The van der Waals surface area contributed by atoms with E-state index >= 15 is 0 Å². The molecular formula is C16H21F3N2O3. The molecule has 0 aliphatic heterocycles. The SMILES string of the molecule is C[C@@H](CCNC(=O)CCNC(=O)OCC(F)(F)F)c1ccccc1. The Bertz CT molecular complexity index is 521. The molecule has 0 saturated heterocycles. The van der Waals surface area contributed by atoms with Crippen LogP contribution >= 0.6 is 0 Å². The van der Waals surface area contributed by atoms with Gasteiger partial charge in [-0.1, -0.05) is 37.3 Å². The number of hydrogen-bond acceptors (Lipinski definition) is 3. The van der Waals surface area contributed by atoms with E-state index in [-0.39, 0.29) is 18.9 Å². The third-order valence-corrected chi connectivity index (χ3v) is 3.26. The molecule has 0 spiro atoms. The van der Waals surface area contributed by atoms with Crippen molar-refractivity contribution in [1.82, 2.24) is 10.6 Å². The van der Waals surface area contributed by atoms with Crippen molar-refractivity contribution in [2.45, 2.75) is 31.9 Å². The van der Waals surface area contributed by atoms with E-state index in [0.717, 1.165) is 6.42 Å². The Morgan fingerprint density at radius 2 is 1.79 bits per heavy atom. The van der Waals surface area contributed by atoms with Gasteiger partial charge in [-0.05, 0) is 17.9 Å². The highest BCUT2D eigenvalue weighted by Gasteiger charge is 2.29. The minimum atomic E-state index is -4.57. The highest BCUT2D eigenvalue weighted by atomic mass is 19.4. The first-order valence-corrected chi connectivity index (χ1v) is 7.57. The van der Waals surface area contributed by atoms with Crippen molar-refractivity contribution in [3.8, 4) is 0 Å². The Hall–Kier alpha value is -2.25. The van der Waals surface area contributed by atoms with Crippen molar-refractivity contribution in [1.29, 1.82) is 0 Å². The van der Waals surface area contributed by atoms with Gasteiger partial charge in [0.1, 0.15) is 0 Å². The normalized spacial score (nSPS) is 12.3. The van der Waals surface area contributed by atoms with Crippen LogP contribution in [0.5, 0.6) is 0 Å². The average Bonchev–Trinajstić information content (AvgIpc) is 2.53. The summed E-state index contributed by atoms with van der Waals surface area (Å²) in [5, 5.41) is 4.79. The first-order chi connectivity index (χ1) is 11.3. The van der Waals surface area contributed by atoms with E-state index in [1.54, 1.807) is 0 Å². The molecule has 2 amide bonds. The zero-order valence-corrected chi connectivity index (χ0v) is 13.4. The number of alkyl halides is 3. The molecule has 24 heavy (non-hydrogen) atoms. The van der Waals surface area contributed by atoms with Gasteiger partial charge >= 0.3 is 12.3 Å². The number of carbonyl (C=O) groups excluding carboxylic acids is 2. The number of amides is 2. The molecule has 1 aromatic rings. The highest BCUT2D eigenvalue weighted by Crippen LogP contribution is 2.17. The number of halogens is 3. The quantitative estimate of drug-likeness (QED) is 0.760. The van der Waals surface area contributed by atoms with E-state index in [0.29, 0.717) is 12.5 Å². The van der Waals surface area contributed by atoms with Crippen LogP contribution in [0.25, 0.3) is 0 Å². The summed E-state index contributed by atoms with van der Waals surface area (Å²) in [4.78, 5) is 22.5. The molecule has 0 unspecified atom stereocenters. The lowest BCUT2D eigenvalue weighted by Crippen LogP contribution is -2.33. The van der Waals surface area contributed by atoms with Crippen molar-refractivity contribution >= 4 is 12.0 Å². The molecule has 0 aliphatic carbocycles. The number of ether oxygens (including phenoxy) is 1. The Morgan fingerprint density at radius 1 is 1.12 bits per heavy atom. The van der Waals surface area contributed by atoms with Gasteiger partial charge in [-0.2, -0.15) is 13.2 Å². The van der Waals surface area contributed by atoms with Gasteiger partial charge < -0.3 is 15.4 Å². The molecule has 0 radical (unpaired) electrons. The summed E-state index contributed by atoms with van der Waals surface area (Å²) in [7, 11) is 0. The zero-order valence-electron chi connectivity index (χ0n) is 13.4. The third-order valence-electron chi connectivity index (χ3n) is 3.26. The molecule has 0 fully saturated rings. The topological polar surface area (TPSA) is 67.4 Å². The van der Waals surface area contributed by atoms with Crippen LogP contribution in [0.15, 0.2) is 30.3 Å². The monoisotopic (exact) mass is 346 g/mol. The fraction of sp³-hybridized carbons (Fsp3) is 0.500. The van der Waals surface area contributed by atoms with E-state index < -0.39 is 18.9 Å². The molecule has 0 heterocycles. The molecule has 5 nitrogen and oxygen atoms in total. The number of benzene rings is 1. The van der Waals surface area contributed by atoms with Gasteiger partial charge in [0, 0.05) is 19.5 Å². The summed E-state index contributed by atoms with van der Waals surface area (Å²) in [5.74, 6) is 0.00774. The fourth-order valence-electron chi connectivity index (χ4n) is 1.94. The zero-order chi connectivity index (χ0) is 18.0. The lowest BCUT2D eigenvalue weighted by Gasteiger charge is -2.12. The lowest BCUT2D eigenvalue weighted by molar-refractivity contribution is -0.160. The summed E-state index contributed by atoms with van der Waals surface area (Å²) in [6.45, 7) is 0.798. The second-order valence-corrected chi connectivity index (χ2v) is 5.32. The number of carbonyl (C=O) groups is 2. The minimum absolute atomic E-state index is 0.0269. The second kappa shape index (κ2) is 9.79. The van der Waals surface area contributed by atoms with Gasteiger partial charge in [0.05, 0.1) is 0 Å². The van der Waals surface area contributed by atoms with Crippen LogP contribution in [0.3, 0.4) is 0 Å². The van der Waals surface area contributed by atoms with Crippen molar-refractivity contribution in [3.05, 3.63) is 35.9 Å². The lowest BCUT2D eigenvalue weighted by atomic mass is 9.98. The van der Waals surface area contributed by atoms with Crippen LogP contribution in [-0.2, 0) is 9.53 Å². The van der Waals surface area contributed by atoms with Crippen LogP contribution in [0, 0.1) is 0 Å². The van der Waals surface area contributed by atoms with E-state index in [1.165, 1.54) is 5.56 Å². The van der Waals surface area contributed by atoms with Crippen LogP contribution in [0.1, 0.15) is 31.2 Å². The number of alkyl carbamates (subject to hydrolysis) is 1. The Kier molecular flexibility index (Phi) is 8.08. The highest BCUT2D eigenvalue weighted by molar-refractivity contribution is 5.76. The second-order valence-electron chi connectivity index (χ2n) is 5.32. The van der Waals surface area contributed by atoms with Crippen molar-refractivity contribution < 1.29 is 27.5 Å². The summed E-state index contributed by atoms with van der Waals surface area (Å²) in [6.07, 6.45) is -5.03. The fourth-order valence-corrected chi connectivity index (χ4v) is 1.94. The molecule has 8 heteroatoms. The summed E-state index contributed by atoms with van der Waals surface area (Å²) in [6, 6.07) is 9.87. The average molecular weight is 346 g/mol. The summed E-state index contributed by atoms with van der Waals surface area (Å²) >= 11 is 0. The Balaban J connectivity index is 2.11. The number of rotatable bonds is 8. The largest absolute Gasteiger partial charge is 0.440 e. The van der Waals surface area contributed by atoms with Crippen LogP contribution < -0.4 is 10.6 Å². The molecule has 0 aromatic heterocycles. The van der Waals surface area contributed by atoms with Crippen molar-refractivity contribution in [2.24, 2.45) is 0 Å². The maximum Gasteiger partial charge on any atom is 0.422 e. The molecular weight excluding hydrogens is 325 g/mol. The summed E-state index contributed by atoms with van der Waals surface area (Å²) < 4.78 is 39.4. The predicted octanol–water partition coefficient (Wildman–Crippen LogP) is 2.98. The van der Waals surface area contributed by atoms with Gasteiger partial charge in [0.25, 0.3) is 0 Å². The Morgan fingerprint density at radius 3 is 2.42 bits per heavy atom. The van der Waals surface area contributed by atoms with Gasteiger partial charge in [-0.3, -0.25) is 4.79 Å².